The van der Waals surface area contributed by atoms with E-state index >= 15 is 0 Å². The molecule has 1 radical (unpaired) electrons. The maximum atomic E-state index is 2.41. The van der Waals surface area contributed by atoms with Gasteiger partial charge in [0.2, 0.25) is 0 Å². The lowest BCUT2D eigenvalue weighted by molar-refractivity contribution is 1.29. The van der Waals surface area contributed by atoms with Gasteiger partial charge in [-0.3, -0.25) is 0 Å². The summed E-state index contributed by atoms with van der Waals surface area (Å²) in [7, 11) is -0.751. The highest BCUT2D eigenvalue weighted by atomic mass is 28.3. The van der Waals surface area contributed by atoms with Crippen molar-refractivity contribution in [2.45, 2.75) is 6.42 Å². The van der Waals surface area contributed by atoms with Crippen molar-refractivity contribution < 1.29 is 0 Å². The van der Waals surface area contributed by atoms with Crippen molar-refractivity contribution in [1.82, 2.24) is 0 Å². The molecule has 0 N–H and O–H groups in total. The summed E-state index contributed by atoms with van der Waals surface area (Å²) in [5.74, 6) is 0. The average Bonchev–Trinajstić information content (AvgIpc) is 3.35. The smallest absolute Gasteiger partial charge is 0.0877 e. The molecule has 4 aromatic rings. The molecular formula is C25H17Si. The number of fused-ring (bicyclic) bond motifs is 8. The molecule has 0 unspecified atom stereocenters. The van der Waals surface area contributed by atoms with Gasteiger partial charge in [0.1, 0.15) is 8.80 Å². The van der Waals surface area contributed by atoms with Crippen LogP contribution in [0, 0.1) is 0 Å². The predicted molar refractivity (Wildman–Crippen MR) is 113 cm³/mol. The summed E-state index contributed by atoms with van der Waals surface area (Å²) >= 11 is 0. The Bertz CT molecular complexity index is 1250. The van der Waals surface area contributed by atoms with E-state index in [4.69, 9.17) is 0 Å². The van der Waals surface area contributed by atoms with Crippen LogP contribution < -0.4 is 5.19 Å². The normalized spacial score (nSPS) is 15.1. The lowest BCUT2D eigenvalue weighted by Gasteiger charge is -2.17. The molecule has 4 aromatic carbocycles. The molecule has 1 aliphatic heterocycles. The van der Waals surface area contributed by atoms with Gasteiger partial charge in [0, 0.05) is 0 Å². The lowest BCUT2D eigenvalue weighted by Crippen LogP contribution is -2.26. The van der Waals surface area contributed by atoms with Crippen LogP contribution in [0.2, 0.25) is 0 Å². The molecule has 121 valence electrons. The SMILES string of the molecule is C1=C[Si](c2cccc3c2c2c(c4ccccc43)-c3ccccc3C2)C=C1. The van der Waals surface area contributed by atoms with E-state index in [1.54, 1.807) is 0 Å². The summed E-state index contributed by atoms with van der Waals surface area (Å²) in [6.45, 7) is 0. The van der Waals surface area contributed by atoms with E-state index in [-0.39, 0.29) is 0 Å². The first kappa shape index (κ1) is 14.3. The first-order valence-electron chi connectivity index (χ1n) is 9.18. The zero-order valence-corrected chi connectivity index (χ0v) is 15.4. The van der Waals surface area contributed by atoms with E-state index in [0.717, 1.165) is 6.42 Å². The molecule has 0 nitrogen and oxygen atoms in total. The molecule has 0 atom stereocenters. The van der Waals surface area contributed by atoms with Crippen LogP contribution in [0.15, 0.2) is 90.3 Å². The van der Waals surface area contributed by atoms with Gasteiger partial charge in [-0.25, -0.2) is 0 Å². The lowest BCUT2D eigenvalue weighted by atomic mass is 9.91. The van der Waals surface area contributed by atoms with Crippen LogP contribution in [-0.4, -0.2) is 8.80 Å². The second-order valence-corrected chi connectivity index (χ2v) is 9.25. The molecule has 6 rings (SSSR count). The van der Waals surface area contributed by atoms with Crippen LogP contribution in [0.25, 0.3) is 32.7 Å². The standard InChI is InChI=1S/C25H17Si/c1-2-9-18-17(8-1)16-22-24(18)20-11-4-3-10-19(20)21-12-7-13-23(25(21)22)26-14-5-6-15-26/h1-15H,16H2. The molecule has 2 aliphatic rings. The molecule has 0 bridgehead atoms. The van der Waals surface area contributed by atoms with Crippen molar-refractivity contribution in [1.29, 1.82) is 0 Å². The molecular weight excluding hydrogens is 328 g/mol. The molecule has 1 heteroatoms. The summed E-state index contributed by atoms with van der Waals surface area (Å²) in [5, 5.41) is 7.23. The van der Waals surface area contributed by atoms with Crippen LogP contribution in [0.3, 0.4) is 0 Å². The molecule has 0 saturated heterocycles. The van der Waals surface area contributed by atoms with E-state index in [1.165, 1.54) is 49.0 Å². The molecule has 0 amide bonds. The highest BCUT2D eigenvalue weighted by Crippen LogP contribution is 2.45. The zero-order valence-electron chi connectivity index (χ0n) is 14.4. The number of benzene rings is 4. The van der Waals surface area contributed by atoms with Crippen LogP contribution in [0.4, 0.5) is 0 Å². The van der Waals surface area contributed by atoms with E-state index < -0.39 is 8.80 Å². The van der Waals surface area contributed by atoms with E-state index in [2.05, 4.69) is 90.3 Å². The highest BCUT2D eigenvalue weighted by Gasteiger charge is 2.26. The summed E-state index contributed by atoms with van der Waals surface area (Å²) in [6.07, 6.45) is 5.47. The Morgan fingerprint density at radius 3 is 2.27 bits per heavy atom. The highest BCUT2D eigenvalue weighted by molar-refractivity contribution is 6.85. The van der Waals surface area contributed by atoms with Gasteiger partial charge < -0.3 is 0 Å². The average molecular weight is 345 g/mol. The molecule has 1 aliphatic carbocycles. The second kappa shape index (κ2) is 5.30. The van der Waals surface area contributed by atoms with Crippen molar-refractivity contribution >= 4 is 35.5 Å². The Labute approximate surface area is 154 Å². The monoisotopic (exact) mass is 345 g/mol. The molecule has 0 fully saturated rings. The predicted octanol–water partition coefficient (Wildman–Crippen LogP) is 5.47. The summed E-state index contributed by atoms with van der Waals surface area (Å²) < 4.78 is 0. The van der Waals surface area contributed by atoms with Crippen LogP contribution in [0.1, 0.15) is 11.1 Å². The van der Waals surface area contributed by atoms with Gasteiger partial charge in [-0.05, 0) is 55.4 Å². The van der Waals surface area contributed by atoms with Gasteiger partial charge in [0.05, 0.1) is 0 Å². The Hall–Kier alpha value is -2.90. The maximum absolute atomic E-state index is 2.41. The van der Waals surface area contributed by atoms with Gasteiger partial charge in [0.15, 0.2) is 0 Å². The summed E-state index contributed by atoms with van der Waals surface area (Å²) in [6, 6.07) is 24.8. The third-order valence-corrected chi connectivity index (χ3v) is 7.92. The Morgan fingerprint density at radius 2 is 1.38 bits per heavy atom. The molecule has 0 saturated carbocycles. The van der Waals surface area contributed by atoms with E-state index in [1.807, 2.05) is 0 Å². The third-order valence-electron chi connectivity index (χ3n) is 5.78. The fraction of sp³-hybridized carbons (Fsp3) is 0.0400. The Kier molecular flexibility index (Phi) is 2.91. The Balaban J connectivity index is 1.83. The van der Waals surface area contributed by atoms with Crippen molar-refractivity contribution in [2.75, 3.05) is 0 Å². The molecule has 1 heterocycles. The number of rotatable bonds is 1. The minimum Gasteiger partial charge on any atom is -0.0877 e. The van der Waals surface area contributed by atoms with E-state index in [0.29, 0.717) is 0 Å². The van der Waals surface area contributed by atoms with Crippen molar-refractivity contribution in [3.05, 3.63) is 101 Å². The molecule has 0 spiro atoms. The third kappa shape index (κ3) is 1.84. The number of allylic oxidation sites excluding steroid dienone is 2. The first-order chi connectivity index (χ1) is 12.9. The quantitative estimate of drug-likeness (QED) is 0.279. The van der Waals surface area contributed by atoms with E-state index in [9.17, 15) is 0 Å². The second-order valence-electron chi connectivity index (χ2n) is 7.13. The van der Waals surface area contributed by atoms with Crippen molar-refractivity contribution in [3.8, 4) is 11.1 Å². The largest absolute Gasteiger partial charge is 0.140 e. The summed E-state index contributed by atoms with van der Waals surface area (Å²) in [4.78, 5) is 0. The first-order valence-corrected chi connectivity index (χ1v) is 10.8. The van der Waals surface area contributed by atoms with Gasteiger partial charge >= 0.3 is 0 Å². The fourth-order valence-corrected chi connectivity index (χ4v) is 6.68. The molecule has 26 heavy (non-hydrogen) atoms. The topological polar surface area (TPSA) is 0 Å². The van der Waals surface area contributed by atoms with Crippen molar-refractivity contribution in [3.63, 3.8) is 0 Å². The van der Waals surface area contributed by atoms with Gasteiger partial charge in [-0.2, -0.15) is 0 Å². The van der Waals surface area contributed by atoms with Crippen LogP contribution in [0.5, 0.6) is 0 Å². The minimum atomic E-state index is -0.751. The van der Waals surface area contributed by atoms with Crippen LogP contribution in [-0.2, 0) is 6.42 Å². The Morgan fingerprint density at radius 1 is 0.654 bits per heavy atom. The van der Waals surface area contributed by atoms with Gasteiger partial charge in [-0.1, -0.05) is 90.3 Å². The van der Waals surface area contributed by atoms with Gasteiger partial charge in [0.25, 0.3) is 0 Å². The number of hydrogen-bond donors (Lipinski definition) is 0. The maximum Gasteiger partial charge on any atom is 0.140 e. The summed E-state index contributed by atoms with van der Waals surface area (Å²) in [5.41, 5.74) is 10.7. The molecule has 0 aromatic heterocycles. The number of hydrogen-bond acceptors (Lipinski definition) is 0. The van der Waals surface area contributed by atoms with Gasteiger partial charge in [-0.15, -0.1) is 0 Å². The van der Waals surface area contributed by atoms with Crippen molar-refractivity contribution in [2.24, 2.45) is 0 Å². The minimum absolute atomic E-state index is 0.751. The fourth-order valence-electron chi connectivity index (χ4n) is 4.71. The zero-order chi connectivity index (χ0) is 17.1. The van der Waals surface area contributed by atoms with Crippen LogP contribution >= 0.6 is 0 Å².